The van der Waals surface area contributed by atoms with Crippen LogP contribution in [0.25, 0.3) is 11.1 Å². The highest BCUT2D eigenvalue weighted by atomic mass is 19.4. The summed E-state index contributed by atoms with van der Waals surface area (Å²) in [6, 6.07) is 11.7. The second-order valence-electron chi connectivity index (χ2n) is 8.99. The SMILES string of the molecule is CCOc1cc(NC(=O)O)c(NC(=O)CC(=O)c2cccc(-c3ccnc(N4CCOCC4)c3)c2)cc1C(F)(F)F. The van der Waals surface area contributed by atoms with Gasteiger partial charge in [-0.15, -0.1) is 0 Å². The number of ether oxygens (including phenoxy) is 2. The number of hydrogen-bond acceptors (Lipinski definition) is 7. The van der Waals surface area contributed by atoms with E-state index in [4.69, 9.17) is 14.6 Å². The van der Waals surface area contributed by atoms with Crippen molar-refractivity contribution in [1.82, 2.24) is 4.98 Å². The fourth-order valence-electron chi connectivity index (χ4n) is 4.28. The maximum absolute atomic E-state index is 13.6. The van der Waals surface area contributed by atoms with Gasteiger partial charge in [-0.25, -0.2) is 9.78 Å². The number of aromatic nitrogens is 1. The third-order valence-corrected chi connectivity index (χ3v) is 6.16. The number of carbonyl (C=O) groups is 3. The van der Waals surface area contributed by atoms with Gasteiger partial charge >= 0.3 is 12.3 Å². The van der Waals surface area contributed by atoms with Gasteiger partial charge in [-0.05, 0) is 42.3 Å². The molecule has 0 radical (unpaired) electrons. The number of Topliss-reactive ketones (excluding diaryl/α,β-unsaturated/α-hetero) is 1. The average molecular weight is 573 g/mol. The molecule has 3 N–H and O–H groups in total. The molecule has 0 spiro atoms. The summed E-state index contributed by atoms with van der Waals surface area (Å²) in [5.41, 5.74) is -0.290. The monoisotopic (exact) mass is 572 g/mol. The maximum atomic E-state index is 13.6. The van der Waals surface area contributed by atoms with Crippen molar-refractivity contribution >= 4 is 35.0 Å². The van der Waals surface area contributed by atoms with Crippen molar-refractivity contribution in [1.29, 1.82) is 0 Å². The first-order valence-corrected chi connectivity index (χ1v) is 12.7. The van der Waals surface area contributed by atoms with Gasteiger partial charge in [0, 0.05) is 30.9 Å². The molecule has 216 valence electrons. The Labute approximate surface area is 233 Å². The number of nitrogens with one attached hydrogen (secondary N) is 2. The highest BCUT2D eigenvalue weighted by Gasteiger charge is 2.36. The van der Waals surface area contributed by atoms with Crippen molar-refractivity contribution < 1.29 is 42.1 Å². The van der Waals surface area contributed by atoms with Gasteiger partial charge in [0.1, 0.15) is 11.6 Å². The Morgan fingerprint density at radius 3 is 2.41 bits per heavy atom. The van der Waals surface area contributed by atoms with Crippen LogP contribution in [0.2, 0.25) is 0 Å². The molecule has 2 heterocycles. The van der Waals surface area contributed by atoms with Crippen molar-refractivity contribution in [3.63, 3.8) is 0 Å². The molecular formula is C28H27F3N4O6. The zero-order valence-electron chi connectivity index (χ0n) is 22.0. The van der Waals surface area contributed by atoms with Crippen molar-refractivity contribution in [2.24, 2.45) is 0 Å². The van der Waals surface area contributed by atoms with E-state index < -0.39 is 47.4 Å². The highest BCUT2D eigenvalue weighted by Crippen LogP contribution is 2.41. The molecule has 0 aliphatic carbocycles. The van der Waals surface area contributed by atoms with E-state index in [-0.39, 0.29) is 17.9 Å². The summed E-state index contributed by atoms with van der Waals surface area (Å²) in [6.45, 7) is 3.96. The van der Waals surface area contributed by atoms with Gasteiger partial charge in [-0.2, -0.15) is 13.2 Å². The first-order chi connectivity index (χ1) is 19.5. The van der Waals surface area contributed by atoms with E-state index in [1.54, 1.807) is 30.5 Å². The minimum absolute atomic E-state index is 0.108. The Hall–Kier alpha value is -4.65. The predicted molar refractivity (Wildman–Crippen MR) is 145 cm³/mol. The second-order valence-corrected chi connectivity index (χ2v) is 8.99. The molecule has 10 nitrogen and oxygen atoms in total. The number of carboxylic acid groups (broad SMARTS) is 1. The number of pyridine rings is 1. The first kappa shape index (κ1) is 29.3. The summed E-state index contributed by atoms with van der Waals surface area (Å²) >= 11 is 0. The number of amides is 2. The fourth-order valence-corrected chi connectivity index (χ4v) is 4.28. The van der Waals surface area contributed by atoms with Gasteiger partial charge in [0.05, 0.1) is 43.2 Å². The molecule has 2 amide bonds. The van der Waals surface area contributed by atoms with Crippen LogP contribution in [0.1, 0.15) is 29.3 Å². The minimum Gasteiger partial charge on any atom is -0.493 e. The first-order valence-electron chi connectivity index (χ1n) is 12.7. The van der Waals surface area contributed by atoms with E-state index in [9.17, 15) is 27.6 Å². The lowest BCUT2D eigenvalue weighted by atomic mass is 10.0. The van der Waals surface area contributed by atoms with E-state index in [2.05, 4.69) is 15.2 Å². The minimum atomic E-state index is -4.85. The third-order valence-electron chi connectivity index (χ3n) is 6.16. The Morgan fingerprint density at radius 2 is 1.73 bits per heavy atom. The van der Waals surface area contributed by atoms with Gasteiger partial charge in [0.2, 0.25) is 5.91 Å². The van der Waals surface area contributed by atoms with Crippen molar-refractivity contribution in [2.45, 2.75) is 19.5 Å². The second kappa shape index (κ2) is 12.7. The fraction of sp³-hybridized carbons (Fsp3) is 0.286. The zero-order valence-corrected chi connectivity index (χ0v) is 22.0. The van der Waals surface area contributed by atoms with E-state index in [0.717, 1.165) is 17.4 Å². The van der Waals surface area contributed by atoms with Crippen LogP contribution in [-0.4, -0.2) is 60.8 Å². The molecular weight excluding hydrogens is 545 g/mol. The van der Waals surface area contributed by atoms with Gasteiger partial charge in [0.25, 0.3) is 0 Å². The van der Waals surface area contributed by atoms with E-state index in [1.165, 1.54) is 13.0 Å². The topological polar surface area (TPSA) is 130 Å². The molecule has 0 saturated carbocycles. The Bertz CT molecular complexity index is 1440. The van der Waals surface area contributed by atoms with Crippen molar-refractivity contribution in [3.05, 3.63) is 65.9 Å². The molecule has 4 rings (SSSR count). The van der Waals surface area contributed by atoms with Crippen LogP contribution in [0.4, 0.5) is 35.2 Å². The lowest BCUT2D eigenvalue weighted by Crippen LogP contribution is -2.36. The van der Waals surface area contributed by atoms with Crippen LogP contribution in [-0.2, 0) is 15.7 Å². The quantitative estimate of drug-likeness (QED) is 0.233. The van der Waals surface area contributed by atoms with Crippen molar-refractivity contribution in [3.8, 4) is 16.9 Å². The van der Waals surface area contributed by atoms with Gasteiger partial charge in [-0.3, -0.25) is 14.9 Å². The number of nitrogens with zero attached hydrogens (tertiary/aromatic N) is 2. The molecule has 1 saturated heterocycles. The number of morpholine rings is 1. The smallest absolute Gasteiger partial charge is 0.420 e. The number of hydrogen-bond donors (Lipinski definition) is 3. The third kappa shape index (κ3) is 7.51. The molecule has 0 bridgehead atoms. The van der Waals surface area contributed by atoms with Gasteiger partial charge in [0.15, 0.2) is 5.78 Å². The Kier molecular flexibility index (Phi) is 9.07. The van der Waals surface area contributed by atoms with Crippen LogP contribution in [0.3, 0.4) is 0 Å². The number of benzene rings is 2. The maximum Gasteiger partial charge on any atom is 0.420 e. The molecule has 1 aliphatic rings. The number of anilines is 3. The predicted octanol–water partition coefficient (Wildman–Crippen LogP) is 5.30. The number of ketones is 1. The summed E-state index contributed by atoms with van der Waals surface area (Å²) in [7, 11) is 0. The Morgan fingerprint density at radius 1 is 1.02 bits per heavy atom. The van der Waals surface area contributed by atoms with E-state index in [1.807, 2.05) is 11.4 Å². The summed E-state index contributed by atoms with van der Waals surface area (Å²) < 4.78 is 51.3. The number of alkyl halides is 3. The summed E-state index contributed by atoms with van der Waals surface area (Å²) in [5, 5.41) is 13.3. The molecule has 2 aromatic carbocycles. The van der Waals surface area contributed by atoms with Crippen LogP contribution < -0.4 is 20.3 Å². The summed E-state index contributed by atoms with van der Waals surface area (Å²) in [5.74, 6) is -1.35. The molecule has 1 fully saturated rings. The largest absolute Gasteiger partial charge is 0.493 e. The van der Waals surface area contributed by atoms with Crippen LogP contribution >= 0.6 is 0 Å². The molecule has 3 aromatic rings. The van der Waals surface area contributed by atoms with Gasteiger partial charge in [-0.1, -0.05) is 18.2 Å². The Balaban J connectivity index is 1.53. The standard InChI is InChI=1S/C28H27F3N4O6/c1-2-41-24-15-22(34-27(38)39)21(14-20(24)28(29,30)31)33-26(37)16-23(36)19-5-3-4-17(12-19)18-6-7-32-25(13-18)35-8-10-40-11-9-35/h3-7,12-15,34H,2,8-11,16H2,1H3,(H,33,37)(H,38,39). The van der Waals surface area contributed by atoms with Crippen LogP contribution in [0.5, 0.6) is 5.75 Å². The van der Waals surface area contributed by atoms with Crippen molar-refractivity contribution in [2.75, 3.05) is 48.4 Å². The zero-order chi connectivity index (χ0) is 29.6. The average Bonchev–Trinajstić information content (AvgIpc) is 2.94. The molecule has 0 atom stereocenters. The molecule has 13 heteroatoms. The summed E-state index contributed by atoms with van der Waals surface area (Å²) in [4.78, 5) is 43.4. The highest BCUT2D eigenvalue weighted by molar-refractivity contribution is 6.12. The van der Waals surface area contributed by atoms with Gasteiger partial charge < -0.3 is 24.8 Å². The molecule has 41 heavy (non-hydrogen) atoms. The van der Waals surface area contributed by atoms with Crippen LogP contribution in [0.15, 0.2) is 54.7 Å². The number of rotatable bonds is 9. The normalized spacial score (nSPS) is 13.4. The van der Waals surface area contributed by atoms with E-state index in [0.29, 0.717) is 37.9 Å². The molecule has 1 aromatic heterocycles. The molecule has 1 aliphatic heterocycles. The lowest BCUT2D eigenvalue weighted by Gasteiger charge is -2.28. The number of halogens is 3. The van der Waals surface area contributed by atoms with E-state index >= 15 is 0 Å². The summed E-state index contributed by atoms with van der Waals surface area (Å²) in [6.07, 6.45) is -5.45. The lowest BCUT2D eigenvalue weighted by molar-refractivity contribution is -0.138. The van der Waals surface area contributed by atoms with Crippen LogP contribution in [0, 0.1) is 0 Å². The molecule has 0 unspecified atom stereocenters. The number of carbonyl (C=O) groups excluding carboxylic acids is 2.